The molecule has 0 fully saturated rings. The largest absolute Gasteiger partial charge is 0.503 e. The van der Waals surface area contributed by atoms with Crippen LogP contribution in [0, 0.1) is 0 Å². The lowest BCUT2D eigenvalue weighted by molar-refractivity contribution is -0.130. The van der Waals surface area contributed by atoms with Crippen LogP contribution in [-0.2, 0) is 14.3 Å². The number of hydrogen-bond donors (Lipinski definition) is 2. The Morgan fingerprint density at radius 1 is 1.17 bits per heavy atom. The third-order valence-electron chi connectivity index (χ3n) is 4.51. The number of nitrogens with zero attached hydrogens (tertiary/aromatic N) is 2. The number of aromatic nitrogens is 1. The van der Waals surface area contributed by atoms with E-state index in [1.165, 1.54) is 11.0 Å². The maximum Gasteiger partial charge on any atom is 0.290 e. The molecule has 1 unspecified atom stereocenters. The number of pyridine rings is 1. The van der Waals surface area contributed by atoms with E-state index < -0.39 is 23.5 Å². The number of amides is 1. The van der Waals surface area contributed by atoms with Gasteiger partial charge < -0.3 is 19.8 Å². The zero-order valence-corrected chi connectivity index (χ0v) is 15.8. The first-order valence-corrected chi connectivity index (χ1v) is 9.23. The van der Waals surface area contributed by atoms with Gasteiger partial charge in [-0.15, -0.1) is 0 Å². The molecule has 7 heteroatoms. The minimum absolute atomic E-state index is 0.0114. The Kier molecular flexibility index (Phi) is 6.89. The first-order chi connectivity index (χ1) is 14.1. The molecule has 1 aliphatic rings. The summed E-state index contributed by atoms with van der Waals surface area (Å²) in [5.74, 6) is -1.65. The van der Waals surface area contributed by atoms with E-state index in [1.54, 1.807) is 30.6 Å². The van der Waals surface area contributed by atoms with Crippen molar-refractivity contribution in [2.45, 2.75) is 6.04 Å². The molecule has 0 saturated heterocycles. The monoisotopic (exact) mass is 394 g/mol. The number of benzene rings is 1. The molecule has 0 aliphatic carbocycles. The fraction of sp³-hybridized carbons (Fsp3) is 0.227. The van der Waals surface area contributed by atoms with Gasteiger partial charge in [0.15, 0.2) is 11.5 Å². The standard InChI is InChI=1S/C22H22N2O5/c25-12-14-29-13-11-24-20(17-7-4-10-23-15-17)19(21(27)22(24)28)18(26)9-8-16-5-2-1-3-6-16/h1-10,15,20,25,27H,11-14H2/b9-8+. The van der Waals surface area contributed by atoms with Crippen molar-refractivity contribution in [3.63, 3.8) is 0 Å². The Morgan fingerprint density at radius 3 is 2.66 bits per heavy atom. The summed E-state index contributed by atoms with van der Waals surface area (Å²) in [5, 5.41) is 19.3. The maximum atomic E-state index is 12.9. The second-order valence-electron chi connectivity index (χ2n) is 6.39. The van der Waals surface area contributed by atoms with E-state index in [0.29, 0.717) is 5.56 Å². The van der Waals surface area contributed by atoms with Crippen LogP contribution in [0.4, 0.5) is 0 Å². The molecule has 1 aromatic carbocycles. The summed E-state index contributed by atoms with van der Waals surface area (Å²) < 4.78 is 5.25. The first kappa shape index (κ1) is 20.4. The van der Waals surface area contributed by atoms with E-state index in [2.05, 4.69) is 4.98 Å². The van der Waals surface area contributed by atoms with Crippen LogP contribution in [0.5, 0.6) is 0 Å². The Bertz CT molecular complexity index is 909. The van der Waals surface area contributed by atoms with Crippen molar-refractivity contribution >= 4 is 17.8 Å². The van der Waals surface area contributed by atoms with E-state index in [0.717, 1.165) is 5.56 Å². The molecule has 1 aromatic heterocycles. The highest BCUT2D eigenvalue weighted by atomic mass is 16.5. The van der Waals surface area contributed by atoms with Crippen molar-refractivity contribution in [1.29, 1.82) is 0 Å². The predicted octanol–water partition coefficient (Wildman–Crippen LogP) is 2.07. The SMILES string of the molecule is O=C(/C=C/c1ccccc1)C1=C(O)C(=O)N(CCOCCO)C1c1cccnc1. The number of rotatable bonds is 9. The lowest BCUT2D eigenvalue weighted by Crippen LogP contribution is -2.34. The first-order valence-electron chi connectivity index (χ1n) is 9.23. The van der Waals surface area contributed by atoms with Gasteiger partial charge in [0, 0.05) is 18.9 Å². The van der Waals surface area contributed by atoms with E-state index in [1.807, 2.05) is 30.3 Å². The molecule has 0 spiro atoms. The summed E-state index contributed by atoms with van der Waals surface area (Å²) in [5.41, 5.74) is 1.46. The van der Waals surface area contributed by atoms with Crippen LogP contribution in [0.3, 0.4) is 0 Å². The van der Waals surface area contributed by atoms with Crippen LogP contribution in [-0.4, -0.2) is 58.2 Å². The summed E-state index contributed by atoms with van der Waals surface area (Å²) >= 11 is 0. The van der Waals surface area contributed by atoms with Crippen molar-refractivity contribution in [3.8, 4) is 0 Å². The third-order valence-corrected chi connectivity index (χ3v) is 4.51. The Morgan fingerprint density at radius 2 is 1.97 bits per heavy atom. The van der Waals surface area contributed by atoms with Gasteiger partial charge in [0.25, 0.3) is 5.91 Å². The average molecular weight is 394 g/mol. The van der Waals surface area contributed by atoms with E-state index >= 15 is 0 Å². The quantitative estimate of drug-likeness (QED) is 0.499. The van der Waals surface area contributed by atoms with Crippen molar-refractivity contribution in [1.82, 2.24) is 9.88 Å². The summed E-state index contributed by atoms with van der Waals surface area (Å²) in [4.78, 5) is 31.0. The van der Waals surface area contributed by atoms with Crippen LogP contribution in [0.1, 0.15) is 17.2 Å². The van der Waals surface area contributed by atoms with Gasteiger partial charge in [-0.05, 0) is 23.3 Å². The van der Waals surface area contributed by atoms with Crippen LogP contribution in [0.25, 0.3) is 6.08 Å². The highest BCUT2D eigenvalue weighted by Gasteiger charge is 2.42. The third kappa shape index (κ3) is 4.77. The van der Waals surface area contributed by atoms with E-state index in [4.69, 9.17) is 9.84 Å². The number of carbonyl (C=O) groups excluding carboxylic acids is 2. The lowest BCUT2D eigenvalue weighted by atomic mass is 9.97. The molecule has 150 valence electrons. The molecule has 2 heterocycles. The van der Waals surface area contributed by atoms with Crippen molar-refractivity contribution in [2.75, 3.05) is 26.4 Å². The number of aliphatic hydroxyl groups excluding tert-OH is 2. The van der Waals surface area contributed by atoms with Crippen molar-refractivity contribution in [2.24, 2.45) is 0 Å². The number of ether oxygens (including phenoxy) is 1. The molecular formula is C22H22N2O5. The molecule has 1 aliphatic heterocycles. The highest BCUT2D eigenvalue weighted by Crippen LogP contribution is 2.37. The predicted molar refractivity (Wildman–Crippen MR) is 107 cm³/mol. The maximum absolute atomic E-state index is 12.9. The molecule has 29 heavy (non-hydrogen) atoms. The smallest absolute Gasteiger partial charge is 0.290 e. The van der Waals surface area contributed by atoms with Crippen LogP contribution < -0.4 is 0 Å². The molecule has 3 rings (SSSR count). The molecule has 1 amide bonds. The van der Waals surface area contributed by atoms with Crippen molar-refractivity contribution < 1.29 is 24.5 Å². The second kappa shape index (κ2) is 9.77. The lowest BCUT2D eigenvalue weighted by Gasteiger charge is -2.26. The zero-order valence-electron chi connectivity index (χ0n) is 15.8. The minimum Gasteiger partial charge on any atom is -0.503 e. The fourth-order valence-electron chi connectivity index (χ4n) is 3.18. The van der Waals surface area contributed by atoms with Crippen molar-refractivity contribution in [3.05, 3.63) is 83.4 Å². The van der Waals surface area contributed by atoms with Crippen LogP contribution >= 0.6 is 0 Å². The number of aliphatic hydroxyl groups is 2. The molecule has 2 aromatic rings. The number of allylic oxidation sites excluding steroid dienone is 1. The fourth-order valence-corrected chi connectivity index (χ4v) is 3.18. The second-order valence-corrected chi connectivity index (χ2v) is 6.39. The van der Waals surface area contributed by atoms with Gasteiger partial charge >= 0.3 is 0 Å². The van der Waals surface area contributed by atoms with E-state index in [9.17, 15) is 14.7 Å². The summed E-state index contributed by atoms with van der Waals surface area (Å²) in [6, 6.07) is 12.0. The molecule has 0 saturated carbocycles. The Balaban J connectivity index is 1.89. The van der Waals surface area contributed by atoms with Gasteiger partial charge in [-0.1, -0.05) is 42.5 Å². The molecule has 1 atom stereocenters. The van der Waals surface area contributed by atoms with Crippen LogP contribution in [0.2, 0.25) is 0 Å². The number of hydrogen-bond acceptors (Lipinski definition) is 6. The number of carbonyl (C=O) groups is 2. The zero-order chi connectivity index (χ0) is 20.6. The topological polar surface area (TPSA) is 100.0 Å². The molecule has 0 bridgehead atoms. The summed E-state index contributed by atoms with van der Waals surface area (Å²) in [6.07, 6.45) is 6.14. The molecular weight excluding hydrogens is 372 g/mol. The van der Waals surface area contributed by atoms with Gasteiger partial charge in [-0.3, -0.25) is 14.6 Å². The van der Waals surface area contributed by atoms with Gasteiger partial charge in [-0.25, -0.2) is 0 Å². The van der Waals surface area contributed by atoms with Gasteiger partial charge in [0.05, 0.1) is 31.4 Å². The normalized spacial score (nSPS) is 16.8. The van der Waals surface area contributed by atoms with Gasteiger partial charge in [0.1, 0.15) is 0 Å². The van der Waals surface area contributed by atoms with Gasteiger partial charge in [0.2, 0.25) is 0 Å². The summed E-state index contributed by atoms with van der Waals surface area (Å²) in [6.45, 7) is 0.335. The van der Waals surface area contributed by atoms with Crippen LogP contribution in [0.15, 0.2) is 72.3 Å². The summed E-state index contributed by atoms with van der Waals surface area (Å²) in [7, 11) is 0. The number of ketones is 1. The molecule has 7 nitrogen and oxygen atoms in total. The highest BCUT2D eigenvalue weighted by molar-refractivity contribution is 6.14. The molecule has 2 N–H and O–H groups in total. The molecule has 0 radical (unpaired) electrons. The van der Waals surface area contributed by atoms with E-state index in [-0.39, 0.29) is 31.9 Å². The Hall–Kier alpha value is -3.29. The Labute approximate surface area is 168 Å². The van der Waals surface area contributed by atoms with Gasteiger partial charge in [-0.2, -0.15) is 0 Å². The minimum atomic E-state index is -0.762. The average Bonchev–Trinajstić information content (AvgIpc) is 3.01.